The molecule has 0 bridgehead atoms. The van der Waals surface area contributed by atoms with Crippen LogP contribution < -0.4 is 11.1 Å². The zero-order valence-electron chi connectivity index (χ0n) is 12.6. The standard InChI is InChI=1S/C16H26BrN3/c1-12-10-16(14(17)11-15(12)18)19-7-5-9-20-8-4-3-6-13(20)2/h10-11,13,19H,3-9,18H2,1-2H3. The molecule has 3 nitrogen and oxygen atoms in total. The number of hydrogen-bond donors (Lipinski definition) is 2. The van der Waals surface area contributed by atoms with Gasteiger partial charge in [0, 0.05) is 35.0 Å². The van der Waals surface area contributed by atoms with Crippen molar-refractivity contribution in [1.29, 1.82) is 0 Å². The lowest BCUT2D eigenvalue weighted by Crippen LogP contribution is -2.38. The molecule has 1 atom stereocenters. The van der Waals surface area contributed by atoms with Gasteiger partial charge in [0.05, 0.1) is 0 Å². The van der Waals surface area contributed by atoms with Gasteiger partial charge in [-0.1, -0.05) is 6.42 Å². The largest absolute Gasteiger partial charge is 0.398 e. The van der Waals surface area contributed by atoms with E-state index in [2.05, 4.69) is 39.1 Å². The fourth-order valence-electron chi connectivity index (χ4n) is 2.83. The molecular weight excluding hydrogens is 314 g/mol. The van der Waals surface area contributed by atoms with Crippen LogP contribution in [-0.2, 0) is 0 Å². The van der Waals surface area contributed by atoms with Gasteiger partial charge in [-0.2, -0.15) is 0 Å². The van der Waals surface area contributed by atoms with E-state index >= 15 is 0 Å². The third kappa shape index (κ3) is 4.13. The van der Waals surface area contributed by atoms with Gasteiger partial charge in [0.25, 0.3) is 0 Å². The van der Waals surface area contributed by atoms with Gasteiger partial charge in [0.15, 0.2) is 0 Å². The van der Waals surface area contributed by atoms with Crippen LogP contribution in [0.2, 0.25) is 0 Å². The first-order valence-electron chi connectivity index (χ1n) is 7.61. The van der Waals surface area contributed by atoms with E-state index in [4.69, 9.17) is 5.73 Å². The molecule has 112 valence electrons. The summed E-state index contributed by atoms with van der Waals surface area (Å²) in [5, 5.41) is 3.51. The molecule has 1 fully saturated rings. The lowest BCUT2D eigenvalue weighted by Gasteiger charge is -2.33. The van der Waals surface area contributed by atoms with Crippen molar-refractivity contribution in [3.63, 3.8) is 0 Å². The van der Waals surface area contributed by atoms with Gasteiger partial charge in [0.1, 0.15) is 0 Å². The van der Waals surface area contributed by atoms with Crippen LogP contribution in [0.5, 0.6) is 0 Å². The molecule has 1 saturated heterocycles. The predicted molar refractivity (Wildman–Crippen MR) is 91.3 cm³/mol. The Morgan fingerprint density at radius 3 is 2.95 bits per heavy atom. The van der Waals surface area contributed by atoms with Gasteiger partial charge in [-0.15, -0.1) is 0 Å². The average molecular weight is 340 g/mol. The third-order valence-electron chi connectivity index (χ3n) is 4.23. The summed E-state index contributed by atoms with van der Waals surface area (Å²) in [5.74, 6) is 0. The van der Waals surface area contributed by atoms with Crippen molar-refractivity contribution in [2.24, 2.45) is 0 Å². The Balaban J connectivity index is 1.77. The Morgan fingerprint density at radius 2 is 2.20 bits per heavy atom. The molecule has 1 aromatic rings. The summed E-state index contributed by atoms with van der Waals surface area (Å²) in [4.78, 5) is 2.62. The van der Waals surface area contributed by atoms with E-state index in [1.54, 1.807) is 0 Å². The molecule has 0 amide bonds. The maximum atomic E-state index is 5.89. The van der Waals surface area contributed by atoms with E-state index in [0.29, 0.717) is 0 Å². The molecule has 0 spiro atoms. The van der Waals surface area contributed by atoms with E-state index in [9.17, 15) is 0 Å². The fourth-order valence-corrected chi connectivity index (χ4v) is 3.33. The summed E-state index contributed by atoms with van der Waals surface area (Å²) in [6.07, 6.45) is 5.30. The van der Waals surface area contributed by atoms with Gasteiger partial charge in [0.2, 0.25) is 0 Å². The average Bonchev–Trinajstić information content (AvgIpc) is 2.42. The molecule has 1 aromatic carbocycles. The second-order valence-corrected chi connectivity index (χ2v) is 6.70. The SMILES string of the molecule is Cc1cc(NCCCN2CCCCC2C)c(Br)cc1N. The van der Waals surface area contributed by atoms with E-state index in [1.807, 2.05) is 13.0 Å². The lowest BCUT2D eigenvalue weighted by atomic mass is 10.0. The molecule has 0 aliphatic carbocycles. The van der Waals surface area contributed by atoms with Crippen LogP contribution in [0.1, 0.15) is 38.2 Å². The van der Waals surface area contributed by atoms with Gasteiger partial charge in [-0.05, 0) is 73.3 Å². The smallest absolute Gasteiger partial charge is 0.0488 e. The molecule has 1 aliphatic heterocycles. The van der Waals surface area contributed by atoms with Crippen molar-refractivity contribution >= 4 is 27.3 Å². The maximum Gasteiger partial charge on any atom is 0.0488 e. The van der Waals surface area contributed by atoms with Crippen LogP contribution in [-0.4, -0.2) is 30.6 Å². The Morgan fingerprint density at radius 1 is 1.40 bits per heavy atom. The van der Waals surface area contributed by atoms with Crippen molar-refractivity contribution in [2.75, 3.05) is 30.7 Å². The molecule has 0 aromatic heterocycles. The highest BCUT2D eigenvalue weighted by Crippen LogP contribution is 2.27. The summed E-state index contributed by atoms with van der Waals surface area (Å²) < 4.78 is 1.05. The fraction of sp³-hybridized carbons (Fsp3) is 0.625. The molecule has 0 radical (unpaired) electrons. The zero-order valence-corrected chi connectivity index (χ0v) is 14.2. The van der Waals surface area contributed by atoms with Crippen LogP contribution in [0, 0.1) is 6.92 Å². The van der Waals surface area contributed by atoms with E-state index in [0.717, 1.165) is 34.0 Å². The number of benzene rings is 1. The normalized spacial score (nSPS) is 20.1. The van der Waals surface area contributed by atoms with Gasteiger partial charge in [-0.3, -0.25) is 0 Å². The number of hydrogen-bond acceptors (Lipinski definition) is 3. The summed E-state index contributed by atoms with van der Waals surface area (Å²) in [7, 11) is 0. The summed E-state index contributed by atoms with van der Waals surface area (Å²) in [6, 6.07) is 4.85. The molecule has 20 heavy (non-hydrogen) atoms. The molecule has 0 saturated carbocycles. The van der Waals surface area contributed by atoms with Crippen LogP contribution >= 0.6 is 15.9 Å². The van der Waals surface area contributed by atoms with E-state index in [1.165, 1.54) is 38.8 Å². The molecular formula is C16H26BrN3. The molecule has 3 N–H and O–H groups in total. The Bertz CT molecular complexity index is 448. The predicted octanol–water partition coefficient (Wildman–Crippen LogP) is 4.02. The number of rotatable bonds is 5. The van der Waals surface area contributed by atoms with Crippen molar-refractivity contribution in [2.45, 2.75) is 45.6 Å². The lowest BCUT2D eigenvalue weighted by molar-refractivity contribution is 0.160. The molecule has 2 rings (SSSR count). The van der Waals surface area contributed by atoms with Crippen LogP contribution in [0.25, 0.3) is 0 Å². The Kier molecular flexibility index (Phi) is 5.73. The van der Waals surface area contributed by atoms with Crippen molar-refractivity contribution in [3.05, 3.63) is 22.2 Å². The number of anilines is 2. The number of nitrogens with one attached hydrogen (secondary N) is 1. The number of nitrogens with zero attached hydrogens (tertiary/aromatic N) is 1. The first-order chi connectivity index (χ1) is 9.58. The first kappa shape index (κ1) is 15.6. The summed E-state index contributed by atoms with van der Waals surface area (Å²) in [6.45, 7) is 7.87. The van der Waals surface area contributed by atoms with E-state index in [-0.39, 0.29) is 0 Å². The minimum atomic E-state index is 0.759. The van der Waals surface area contributed by atoms with Crippen LogP contribution in [0.15, 0.2) is 16.6 Å². The van der Waals surface area contributed by atoms with Gasteiger partial charge in [-0.25, -0.2) is 0 Å². The topological polar surface area (TPSA) is 41.3 Å². The van der Waals surface area contributed by atoms with Gasteiger partial charge < -0.3 is 16.0 Å². The number of halogens is 1. The maximum absolute atomic E-state index is 5.89. The second-order valence-electron chi connectivity index (χ2n) is 5.85. The molecule has 1 unspecified atom stereocenters. The van der Waals surface area contributed by atoms with Crippen molar-refractivity contribution in [1.82, 2.24) is 4.90 Å². The number of nitrogens with two attached hydrogens (primary N) is 1. The first-order valence-corrected chi connectivity index (χ1v) is 8.41. The monoisotopic (exact) mass is 339 g/mol. The number of aryl methyl sites for hydroxylation is 1. The van der Waals surface area contributed by atoms with Crippen LogP contribution in [0.4, 0.5) is 11.4 Å². The molecule has 4 heteroatoms. The Labute approximate surface area is 131 Å². The quantitative estimate of drug-likeness (QED) is 0.628. The number of nitrogen functional groups attached to an aromatic ring is 1. The highest BCUT2D eigenvalue weighted by Gasteiger charge is 2.17. The highest BCUT2D eigenvalue weighted by molar-refractivity contribution is 9.10. The molecule has 1 aliphatic rings. The zero-order chi connectivity index (χ0) is 14.5. The minimum Gasteiger partial charge on any atom is -0.398 e. The summed E-state index contributed by atoms with van der Waals surface area (Å²) in [5.41, 5.74) is 9.00. The van der Waals surface area contributed by atoms with Crippen LogP contribution in [0.3, 0.4) is 0 Å². The van der Waals surface area contributed by atoms with Crippen molar-refractivity contribution < 1.29 is 0 Å². The minimum absolute atomic E-state index is 0.759. The Hall–Kier alpha value is -0.740. The second kappa shape index (κ2) is 7.32. The van der Waals surface area contributed by atoms with Crippen molar-refractivity contribution in [3.8, 4) is 0 Å². The number of likely N-dealkylation sites (tertiary alicyclic amines) is 1. The summed E-state index contributed by atoms with van der Waals surface area (Å²) >= 11 is 3.57. The molecule has 1 heterocycles. The van der Waals surface area contributed by atoms with E-state index < -0.39 is 0 Å². The highest BCUT2D eigenvalue weighted by atomic mass is 79.9. The third-order valence-corrected chi connectivity index (χ3v) is 4.89. The number of piperidine rings is 1. The van der Waals surface area contributed by atoms with Gasteiger partial charge >= 0.3 is 0 Å².